The van der Waals surface area contributed by atoms with Crippen LogP contribution in [0.1, 0.15) is 5.56 Å². The van der Waals surface area contributed by atoms with E-state index < -0.39 is 0 Å². The molecule has 1 aromatic rings. The van der Waals surface area contributed by atoms with Gasteiger partial charge in [-0.05, 0) is 18.2 Å². The molecule has 0 saturated heterocycles. The summed E-state index contributed by atoms with van der Waals surface area (Å²) in [5.41, 5.74) is 0.653. The van der Waals surface area contributed by atoms with Gasteiger partial charge in [-0.2, -0.15) is 0 Å². The summed E-state index contributed by atoms with van der Waals surface area (Å²) in [6, 6.07) is 5.38. The molecule has 0 spiro atoms. The van der Waals surface area contributed by atoms with Gasteiger partial charge >= 0.3 is 0 Å². The molecule has 0 heterocycles. The number of hydrogen-bond donors (Lipinski definition) is 1. The minimum atomic E-state index is 0.0667. The standard InChI is InChI=1S/C7H4Br2ClNO/c8-5-1-4(7(10)11-12)2-6(9)3-5/h1-3,12H/b11-7-. The highest BCUT2D eigenvalue weighted by Crippen LogP contribution is 2.21. The van der Waals surface area contributed by atoms with E-state index in [1.54, 1.807) is 12.1 Å². The van der Waals surface area contributed by atoms with Gasteiger partial charge < -0.3 is 5.21 Å². The van der Waals surface area contributed by atoms with E-state index in [-0.39, 0.29) is 5.17 Å². The van der Waals surface area contributed by atoms with Gasteiger partial charge in [-0.15, -0.1) is 0 Å². The van der Waals surface area contributed by atoms with Gasteiger partial charge in [0, 0.05) is 14.5 Å². The molecule has 0 atom stereocenters. The van der Waals surface area contributed by atoms with Gasteiger partial charge in [0.25, 0.3) is 0 Å². The first kappa shape index (κ1) is 10.0. The number of benzene rings is 1. The largest absolute Gasteiger partial charge is 0.410 e. The number of nitrogens with zero attached hydrogens (tertiary/aromatic N) is 1. The van der Waals surface area contributed by atoms with Crippen molar-refractivity contribution in [2.24, 2.45) is 5.16 Å². The Balaban J connectivity index is 3.17. The molecule has 2 nitrogen and oxygen atoms in total. The first-order chi connectivity index (χ1) is 5.63. The molecule has 64 valence electrons. The number of oxime groups is 1. The van der Waals surface area contributed by atoms with Gasteiger partial charge in [0.05, 0.1) is 0 Å². The lowest BCUT2D eigenvalue weighted by Gasteiger charge is -1.98. The predicted molar refractivity (Wildman–Crippen MR) is 56.0 cm³/mol. The molecule has 0 aliphatic carbocycles. The molecular weight excluding hydrogens is 309 g/mol. The molecule has 5 heteroatoms. The Morgan fingerprint density at radius 2 is 1.75 bits per heavy atom. The maximum atomic E-state index is 8.40. The van der Waals surface area contributed by atoms with Crippen LogP contribution in [-0.2, 0) is 0 Å². The molecule has 0 radical (unpaired) electrons. The number of hydrogen-bond acceptors (Lipinski definition) is 2. The molecule has 0 unspecified atom stereocenters. The van der Waals surface area contributed by atoms with Crippen molar-refractivity contribution in [2.45, 2.75) is 0 Å². The molecule has 0 bridgehead atoms. The van der Waals surface area contributed by atoms with Crippen LogP contribution in [-0.4, -0.2) is 10.4 Å². The topological polar surface area (TPSA) is 32.6 Å². The second kappa shape index (κ2) is 4.25. The predicted octanol–water partition coefficient (Wildman–Crippen LogP) is 3.59. The van der Waals surface area contributed by atoms with E-state index in [0.29, 0.717) is 5.56 Å². The molecule has 0 aliphatic heterocycles. The summed E-state index contributed by atoms with van der Waals surface area (Å²) >= 11 is 12.2. The van der Waals surface area contributed by atoms with Crippen molar-refractivity contribution in [2.75, 3.05) is 0 Å². The SMILES string of the molecule is O/N=C(\Cl)c1cc(Br)cc(Br)c1. The zero-order valence-corrected chi connectivity index (χ0v) is 9.69. The average Bonchev–Trinajstić information content (AvgIpc) is 2.01. The summed E-state index contributed by atoms with van der Waals surface area (Å²) in [6.07, 6.45) is 0. The highest BCUT2D eigenvalue weighted by atomic mass is 79.9. The van der Waals surface area contributed by atoms with Crippen molar-refractivity contribution in [3.8, 4) is 0 Å². The zero-order valence-electron chi connectivity index (χ0n) is 5.76. The van der Waals surface area contributed by atoms with Crippen LogP contribution in [0.5, 0.6) is 0 Å². The fourth-order valence-electron chi connectivity index (χ4n) is 0.731. The lowest BCUT2D eigenvalue weighted by molar-refractivity contribution is 0.321. The van der Waals surface area contributed by atoms with Crippen molar-refractivity contribution in [1.82, 2.24) is 0 Å². The van der Waals surface area contributed by atoms with Crippen LogP contribution >= 0.6 is 43.5 Å². The van der Waals surface area contributed by atoms with E-state index >= 15 is 0 Å². The van der Waals surface area contributed by atoms with Crippen molar-refractivity contribution >= 4 is 48.6 Å². The van der Waals surface area contributed by atoms with Crippen LogP contribution in [0, 0.1) is 0 Å². The van der Waals surface area contributed by atoms with Crippen LogP contribution in [0.2, 0.25) is 0 Å². The Hall–Kier alpha value is -0.0600. The Morgan fingerprint density at radius 1 is 1.25 bits per heavy atom. The van der Waals surface area contributed by atoms with Gasteiger partial charge in [0.1, 0.15) is 0 Å². The minimum Gasteiger partial charge on any atom is -0.410 e. The summed E-state index contributed by atoms with van der Waals surface area (Å²) in [7, 11) is 0. The summed E-state index contributed by atoms with van der Waals surface area (Å²) in [6.45, 7) is 0. The molecule has 12 heavy (non-hydrogen) atoms. The molecule has 1 rings (SSSR count). The van der Waals surface area contributed by atoms with Crippen LogP contribution in [0.3, 0.4) is 0 Å². The van der Waals surface area contributed by atoms with E-state index in [1.165, 1.54) is 0 Å². The summed E-state index contributed by atoms with van der Waals surface area (Å²) in [4.78, 5) is 0. The van der Waals surface area contributed by atoms with Crippen LogP contribution < -0.4 is 0 Å². The van der Waals surface area contributed by atoms with Crippen molar-refractivity contribution in [3.05, 3.63) is 32.7 Å². The minimum absolute atomic E-state index is 0.0667. The van der Waals surface area contributed by atoms with Gasteiger partial charge in [-0.3, -0.25) is 0 Å². The third kappa shape index (κ3) is 2.47. The van der Waals surface area contributed by atoms with Gasteiger partial charge in [-0.1, -0.05) is 48.6 Å². The average molecular weight is 313 g/mol. The molecule has 0 fully saturated rings. The van der Waals surface area contributed by atoms with Crippen LogP contribution in [0.15, 0.2) is 32.3 Å². The van der Waals surface area contributed by atoms with Gasteiger partial charge in [0.15, 0.2) is 5.17 Å². The highest BCUT2D eigenvalue weighted by molar-refractivity contribution is 9.11. The van der Waals surface area contributed by atoms with Crippen molar-refractivity contribution < 1.29 is 5.21 Å². The third-order valence-electron chi connectivity index (χ3n) is 1.19. The molecule has 0 saturated carbocycles. The van der Waals surface area contributed by atoms with E-state index in [4.69, 9.17) is 16.8 Å². The quantitative estimate of drug-likeness (QED) is 0.480. The van der Waals surface area contributed by atoms with E-state index in [2.05, 4.69) is 37.0 Å². The summed E-state index contributed by atoms with van der Waals surface area (Å²) < 4.78 is 1.74. The lowest BCUT2D eigenvalue weighted by Crippen LogP contribution is -1.90. The highest BCUT2D eigenvalue weighted by Gasteiger charge is 2.02. The Labute approximate surface area is 91.5 Å². The second-order valence-electron chi connectivity index (χ2n) is 2.05. The van der Waals surface area contributed by atoms with Gasteiger partial charge in [-0.25, -0.2) is 0 Å². The molecular formula is C7H4Br2ClNO. The number of halogens is 3. The second-order valence-corrected chi connectivity index (χ2v) is 4.24. The zero-order chi connectivity index (χ0) is 9.14. The molecule has 0 aromatic heterocycles. The Bertz CT molecular complexity index is 307. The monoisotopic (exact) mass is 311 g/mol. The normalized spacial score (nSPS) is 11.8. The van der Waals surface area contributed by atoms with E-state index in [0.717, 1.165) is 8.95 Å². The molecule has 1 aromatic carbocycles. The first-order valence-corrected chi connectivity index (χ1v) is 4.94. The fourth-order valence-corrected chi connectivity index (χ4v) is 2.13. The van der Waals surface area contributed by atoms with E-state index in [9.17, 15) is 0 Å². The first-order valence-electron chi connectivity index (χ1n) is 2.97. The number of rotatable bonds is 1. The Kier molecular flexibility index (Phi) is 3.55. The molecule has 0 aliphatic rings. The maximum Gasteiger partial charge on any atom is 0.175 e. The lowest BCUT2D eigenvalue weighted by atomic mass is 10.2. The Morgan fingerprint density at radius 3 is 2.17 bits per heavy atom. The van der Waals surface area contributed by atoms with Crippen molar-refractivity contribution in [1.29, 1.82) is 0 Å². The van der Waals surface area contributed by atoms with Gasteiger partial charge in [0.2, 0.25) is 0 Å². The summed E-state index contributed by atoms with van der Waals surface area (Å²) in [5, 5.41) is 11.3. The van der Waals surface area contributed by atoms with Crippen LogP contribution in [0.4, 0.5) is 0 Å². The van der Waals surface area contributed by atoms with Crippen molar-refractivity contribution in [3.63, 3.8) is 0 Å². The molecule has 1 N–H and O–H groups in total. The van der Waals surface area contributed by atoms with E-state index in [1.807, 2.05) is 6.07 Å². The molecule has 0 amide bonds. The van der Waals surface area contributed by atoms with Crippen LogP contribution in [0.25, 0.3) is 0 Å². The maximum absolute atomic E-state index is 8.40. The fraction of sp³-hybridized carbons (Fsp3) is 0. The smallest absolute Gasteiger partial charge is 0.175 e. The summed E-state index contributed by atoms with van der Waals surface area (Å²) in [5.74, 6) is 0. The third-order valence-corrected chi connectivity index (χ3v) is 2.40.